The van der Waals surface area contributed by atoms with E-state index in [1.165, 1.54) is 0 Å². The van der Waals surface area contributed by atoms with E-state index >= 15 is 0 Å². The van der Waals surface area contributed by atoms with Crippen molar-refractivity contribution in [3.8, 4) is 0 Å². The van der Waals surface area contributed by atoms with Crippen LogP contribution in [-0.2, 0) is 28.6 Å². The van der Waals surface area contributed by atoms with E-state index in [1.807, 2.05) is 20.8 Å². The van der Waals surface area contributed by atoms with Gasteiger partial charge in [0.1, 0.15) is 0 Å². The molecule has 3 amide bonds. The summed E-state index contributed by atoms with van der Waals surface area (Å²) >= 11 is 0. The van der Waals surface area contributed by atoms with Crippen molar-refractivity contribution in [1.29, 1.82) is 0 Å². The molecule has 0 aliphatic rings. The number of carbonyl (C=O) groups is 3. The zero-order chi connectivity index (χ0) is 24.1. The number of nitrogens with two attached hydrogens (primary N) is 1. The van der Waals surface area contributed by atoms with Gasteiger partial charge in [-0.05, 0) is 40.0 Å². The van der Waals surface area contributed by atoms with Gasteiger partial charge in [-0.15, -0.1) is 0 Å². The molecule has 5 N–H and O–H groups in total. The highest BCUT2D eigenvalue weighted by Crippen LogP contribution is 2.22. The van der Waals surface area contributed by atoms with Crippen molar-refractivity contribution in [2.75, 3.05) is 59.3 Å². The summed E-state index contributed by atoms with van der Waals surface area (Å²) in [4.78, 5) is 36.4. The van der Waals surface area contributed by atoms with Crippen molar-refractivity contribution < 1.29 is 28.6 Å². The van der Waals surface area contributed by atoms with Crippen LogP contribution in [-0.4, -0.2) is 82.5 Å². The minimum Gasteiger partial charge on any atom is -0.380 e. The third-order valence-electron chi connectivity index (χ3n) is 4.87. The number of amides is 3. The van der Waals surface area contributed by atoms with Crippen molar-refractivity contribution in [2.45, 2.75) is 64.8 Å². The third-order valence-corrected chi connectivity index (χ3v) is 4.87. The smallest absolute Gasteiger partial charge is 0.220 e. The van der Waals surface area contributed by atoms with E-state index in [9.17, 15) is 14.4 Å². The first kappa shape index (κ1) is 30.2. The van der Waals surface area contributed by atoms with Crippen molar-refractivity contribution in [1.82, 2.24) is 16.0 Å². The molecule has 10 heteroatoms. The first-order valence-corrected chi connectivity index (χ1v) is 11.7. The first-order valence-electron chi connectivity index (χ1n) is 11.7. The topological polar surface area (TPSA) is 141 Å². The molecule has 0 bridgehead atoms. The number of ether oxygens (including phenoxy) is 3. The quantitative estimate of drug-likeness (QED) is 0.183. The zero-order valence-electron chi connectivity index (χ0n) is 20.1. The number of nitrogens with one attached hydrogen (secondary N) is 3. The SMILES string of the molecule is CCOCCNC(=O)CCC(N)(CCC(=O)NCCOCC)CCC(=O)NCCOCC. The lowest BCUT2D eigenvalue weighted by atomic mass is 9.84. The molecule has 0 aliphatic carbocycles. The van der Waals surface area contributed by atoms with Gasteiger partial charge in [-0.2, -0.15) is 0 Å². The second-order valence-electron chi connectivity index (χ2n) is 7.50. The zero-order valence-corrected chi connectivity index (χ0v) is 20.1. The van der Waals surface area contributed by atoms with E-state index in [0.717, 1.165) is 0 Å². The maximum atomic E-state index is 12.1. The van der Waals surface area contributed by atoms with Crippen molar-refractivity contribution in [3.05, 3.63) is 0 Å². The molecule has 0 radical (unpaired) electrons. The van der Waals surface area contributed by atoms with Gasteiger partial charge < -0.3 is 35.9 Å². The van der Waals surface area contributed by atoms with Crippen LogP contribution in [0.15, 0.2) is 0 Å². The summed E-state index contributed by atoms with van der Waals surface area (Å²) in [6.07, 6.45) is 1.81. The van der Waals surface area contributed by atoms with E-state index < -0.39 is 5.54 Å². The maximum Gasteiger partial charge on any atom is 0.220 e. The lowest BCUT2D eigenvalue weighted by molar-refractivity contribution is -0.121. The van der Waals surface area contributed by atoms with Crippen LogP contribution < -0.4 is 21.7 Å². The molecule has 32 heavy (non-hydrogen) atoms. The third kappa shape index (κ3) is 17.9. The molecule has 0 rings (SSSR count). The molecule has 0 aromatic heterocycles. The fraction of sp³-hybridized carbons (Fsp3) is 0.864. The Morgan fingerprint density at radius 1 is 0.625 bits per heavy atom. The minimum absolute atomic E-state index is 0.123. The van der Waals surface area contributed by atoms with Gasteiger partial charge in [0.15, 0.2) is 0 Å². The van der Waals surface area contributed by atoms with Crippen molar-refractivity contribution >= 4 is 17.7 Å². The Kier molecular flexibility index (Phi) is 18.8. The Labute approximate surface area is 192 Å². The van der Waals surface area contributed by atoms with E-state index in [0.29, 0.717) is 78.5 Å². The van der Waals surface area contributed by atoms with Gasteiger partial charge in [0.25, 0.3) is 0 Å². The number of carbonyl (C=O) groups excluding carboxylic acids is 3. The van der Waals surface area contributed by atoms with Gasteiger partial charge in [-0.3, -0.25) is 14.4 Å². The van der Waals surface area contributed by atoms with Gasteiger partial charge in [-0.1, -0.05) is 0 Å². The molecule has 0 aliphatic heterocycles. The summed E-state index contributed by atoms with van der Waals surface area (Å²) in [7, 11) is 0. The standard InChI is InChI=1S/C22H44N4O6/c1-4-30-16-13-24-19(27)7-10-22(23,11-8-20(28)25-14-17-31-5-2)12-9-21(29)26-15-18-32-6-3/h4-18,23H2,1-3H3,(H,24,27)(H,25,28)(H,26,29). The number of rotatable bonds is 21. The largest absolute Gasteiger partial charge is 0.380 e. The first-order chi connectivity index (χ1) is 15.4. The van der Waals surface area contributed by atoms with E-state index in [1.54, 1.807) is 0 Å². The van der Waals surface area contributed by atoms with Crippen LogP contribution in [0.2, 0.25) is 0 Å². The lowest BCUT2D eigenvalue weighted by Crippen LogP contribution is -2.44. The average Bonchev–Trinajstić information content (AvgIpc) is 2.78. The molecule has 10 nitrogen and oxygen atoms in total. The summed E-state index contributed by atoms with van der Waals surface area (Å²) in [6, 6.07) is 0. The van der Waals surface area contributed by atoms with Gasteiger partial charge in [0, 0.05) is 64.3 Å². The normalized spacial score (nSPS) is 11.2. The van der Waals surface area contributed by atoms with Crippen LogP contribution in [0.5, 0.6) is 0 Å². The summed E-state index contributed by atoms with van der Waals surface area (Å²) < 4.78 is 15.6. The molecule has 0 heterocycles. The number of hydrogen-bond acceptors (Lipinski definition) is 7. The molecule has 188 valence electrons. The van der Waals surface area contributed by atoms with Gasteiger partial charge in [0.2, 0.25) is 17.7 Å². The highest BCUT2D eigenvalue weighted by molar-refractivity contribution is 5.77. The summed E-state index contributed by atoms with van der Waals surface area (Å²) in [5, 5.41) is 8.38. The van der Waals surface area contributed by atoms with Crippen LogP contribution in [0, 0.1) is 0 Å². The highest BCUT2D eigenvalue weighted by Gasteiger charge is 2.27. The molecule has 0 saturated heterocycles. The molecular formula is C22H44N4O6. The molecule has 0 spiro atoms. The van der Waals surface area contributed by atoms with Crippen LogP contribution in [0.1, 0.15) is 59.3 Å². The molecule has 0 fully saturated rings. The Balaban J connectivity index is 4.59. The van der Waals surface area contributed by atoms with Gasteiger partial charge in [0.05, 0.1) is 19.8 Å². The summed E-state index contributed by atoms with van der Waals surface area (Å²) in [5.74, 6) is -0.370. The van der Waals surface area contributed by atoms with E-state index in [2.05, 4.69) is 16.0 Å². The Bertz CT molecular complexity index is 449. The monoisotopic (exact) mass is 460 g/mol. The molecule has 0 unspecified atom stereocenters. The second-order valence-corrected chi connectivity index (χ2v) is 7.50. The maximum absolute atomic E-state index is 12.1. The lowest BCUT2D eigenvalue weighted by Gasteiger charge is -2.29. The number of hydrogen-bond donors (Lipinski definition) is 4. The fourth-order valence-corrected chi connectivity index (χ4v) is 2.95. The van der Waals surface area contributed by atoms with Gasteiger partial charge >= 0.3 is 0 Å². The predicted octanol–water partition coefficient (Wildman–Crippen LogP) is 0.483. The highest BCUT2D eigenvalue weighted by atomic mass is 16.5. The van der Waals surface area contributed by atoms with E-state index in [4.69, 9.17) is 19.9 Å². The Hall–Kier alpha value is -1.75. The van der Waals surface area contributed by atoms with Crippen molar-refractivity contribution in [3.63, 3.8) is 0 Å². The Morgan fingerprint density at radius 3 is 1.16 bits per heavy atom. The minimum atomic E-state index is -0.800. The predicted molar refractivity (Wildman–Crippen MR) is 123 cm³/mol. The second kappa shape index (κ2) is 19.9. The molecular weight excluding hydrogens is 416 g/mol. The van der Waals surface area contributed by atoms with Crippen LogP contribution in [0.25, 0.3) is 0 Å². The van der Waals surface area contributed by atoms with E-state index in [-0.39, 0.29) is 37.0 Å². The Morgan fingerprint density at radius 2 is 0.906 bits per heavy atom. The molecule has 0 atom stereocenters. The van der Waals surface area contributed by atoms with Gasteiger partial charge in [-0.25, -0.2) is 0 Å². The van der Waals surface area contributed by atoms with Crippen LogP contribution >= 0.6 is 0 Å². The van der Waals surface area contributed by atoms with Crippen LogP contribution in [0.3, 0.4) is 0 Å². The summed E-state index contributed by atoms with van der Waals surface area (Å²) in [5.41, 5.74) is 5.76. The van der Waals surface area contributed by atoms with Crippen molar-refractivity contribution in [2.24, 2.45) is 5.73 Å². The molecule has 0 aromatic rings. The molecule has 0 saturated carbocycles. The fourth-order valence-electron chi connectivity index (χ4n) is 2.95. The molecule has 0 aromatic carbocycles. The summed E-state index contributed by atoms with van der Waals surface area (Å²) in [6.45, 7) is 10.2. The average molecular weight is 461 g/mol. The van der Waals surface area contributed by atoms with Crippen LogP contribution in [0.4, 0.5) is 0 Å².